The highest BCUT2D eigenvalue weighted by molar-refractivity contribution is 7.89. The molecule has 190 valence electrons. The molecule has 1 aromatic heterocycles. The summed E-state index contributed by atoms with van der Waals surface area (Å²) in [7, 11) is -1.94. The molecule has 1 heterocycles. The van der Waals surface area contributed by atoms with E-state index in [0.717, 1.165) is 28.6 Å². The topological polar surface area (TPSA) is 102 Å². The second kappa shape index (κ2) is 10.2. The third kappa shape index (κ3) is 6.37. The smallest absolute Gasteiger partial charge is 0.259 e. The lowest BCUT2D eigenvalue weighted by Gasteiger charge is -2.23. The lowest BCUT2D eigenvalue weighted by atomic mass is 9.84. The maximum absolute atomic E-state index is 13.4. The molecule has 36 heavy (non-hydrogen) atoms. The zero-order valence-electron chi connectivity index (χ0n) is 21.7. The molecule has 0 radical (unpaired) electrons. The Morgan fingerprint density at radius 3 is 2.22 bits per heavy atom. The van der Waals surface area contributed by atoms with Gasteiger partial charge in [-0.15, -0.1) is 0 Å². The van der Waals surface area contributed by atoms with E-state index in [9.17, 15) is 18.0 Å². The largest absolute Gasteiger partial charge is 0.496 e. The Bertz CT molecular complexity index is 1420. The number of aromatic nitrogens is 1. The van der Waals surface area contributed by atoms with Gasteiger partial charge in [0, 0.05) is 28.6 Å². The minimum Gasteiger partial charge on any atom is -0.496 e. The van der Waals surface area contributed by atoms with Crippen LogP contribution in [-0.4, -0.2) is 38.5 Å². The Labute approximate surface area is 212 Å². The first-order valence-electron chi connectivity index (χ1n) is 11.5. The Morgan fingerprint density at radius 1 is 1.06 bits per heavy atom. The maximum atomic E-state index is 13.4. The van der Waals surface area contributed by atoms with Crippen LogP contribution in [0.3, 0.4) is 0 Å². The van der Waals surface area contributed by atoms with Crippen LogP contribution in [0.2, 0.25) is 0 Å². The highest BCUT2D eigenvalue weighted by Crippen LogP contribution is 2.34. The van der Waals surface area contributed by atoms with Gasteiger partial charge in [-0.25, -0.2) is 8.42 Å². The normalized spacial score (nSPS) is 11.8. The number of carbonyl (C=O) groups is 2. The number of hydrogen-bond donors (Lipinski definition) is 1. The monoisotopic (exact) mass is 508 g/mol. The molecule has 0 saturated carbocycles. The number of methoxy groups -OCH3 is 1. The number of carbonyl (C=O) groups excluding carboxylic acids is 2. The van der Waals surface area contributed by atoms with Crippen molar-refractivity contribution in [1.82, 2.24) is 4.98 Å². The number of ether oxygens (including phenoxy) is 1. The van der Waals surface area contributed by atoms with Crippen molar-refractivity contribution in [3.05, 3.63) is 76.6 Å². The number of ketones is 1. The number of pyridine rings is 1. The van der Waals surface area contributed by atoms with Crippen LogP contribution in [0.25, 0.3) is 11.1 Å². The number of benzene rings is 2. The van der Waals surface area contributed by atoms with Gasteiger partial charge < -0.3 is 10.1 Å². The Balaban J connectivity index is 2.03. The Kier molecular flexibility index (Phi) is 7.69. The first kappa shape index (κ1) is 27.1. The molecule has 0 aliphatic carbocycles. The summed E-state index contributed by atoms with van der Waals surface area (Å²) in [4.78, 5) is 29.5. The SMILES string of the molecule is COc1c(CS(C)(=O)=O)cc(C(C)(C)C)cc1C(=O)Nc1cnc(C)c(-c2ccc(C(C)=O)cc2)c1. The molecule has 0 spiro atoms. The molecule has 1 N–H and O–H groups in total. The van der Waals surface area contributed by atoms with Crippen LogP contribution < -0.4 is 10.1 Å². The van der Waals surface area contributed by atoms with E-state index < -0.39 is 15.7 Å². The molecule has 0 fully saturated rings. The molecule has 0 atom stereocenters. The number of nitrogens with zero attached hydrogens (tertiary/aromatic N) is 1. The van der Waals surface area contributed by atoms with E-state index in [1.807, 2.05) is 45.9 Å². The summed E-state index contributed by atoms with van der Waals surface area (Å²) < 4.78 is 29.7. The zero-order valence-corrected chi connectivity index (χ0v) is 22.5. The third-order valence-corrected chi connectivity index (χ3v) is 6.68. The Morgan fingerprint density at radius 2 is 1.69 bits per heavy atom. The van der Waals surface area contributed by atoms with Crippen molar-refractivity contribution in [3.63, 3.8) is 0 Å². The third-order valence-electron chi connectivity index (χ3n) is 5.85. The van der Waals surface area contributed by atoms with Crippen molar-refractivity contribution in [3.8, 4) is 16.9 Å². The molecule has 0 aliphatic heterocycles. The summed E-state index contributed by atoms with van der Waals surface area (Å²) in [6.07, 6.45) is 2.72. The zero-order chi connectivity index (χ0) is 26.8. The van der Waals surface area contributed by atoms with Gasteiger partial charge in [0.05, 0.1) is 30.3 Å². The Hall–Kier alpha value is -3.52. The van der Waals surface area contributed by atoms with Crippen LogP contribution in [0, 0.1) is 6.92 Å². The molecular formula is C28H32N2O5S. The average molecular weight is 509 g/mol. The van der Waals surface area contributed by atoms with Crippen LogP contribution in [0.5, 0.6) is 5.75 Å². The lowest BCUT2D eigenvalue weighted by Crippen LogP contribution is -2.19. The second-order valence-electron chi connectivity index (χ2n) is 9.98. The highest BCUT2D eigenvalue weighted by atomic mass is 32.2. The fourth-order valence-electron chi connectivity index (χ4n) is 3.90. The standard InChI is InChI=1S/C28H32N2O5S/c1-17-24(20-10-8-19(9-11-20)18(2)31)14-23(15-29-17)30-27(32)25-13-22(28(3,4)5)12-21(26(25)35-6)16-36(7,33)34/h8-15H,16H2,1-7H3,(H,30,32). The molecular weight excluding hydrogens is 476 g/mol. The number of Topliss-reactive ketones (excluding diaryl/α,β-unsaturated/α-hetero) is 1. The number of aryl methyl sites for hydroxylation is 1. The fraction of sp³-hybridized carbons (Fsp3) is 0.321. The summed E-state index contributed by atoms with van der Waals surface area (Å²) >= 11 is 0. The van der Waals surface area contributed by atoms with Gasteiger partial charge in [0.2, 0.25) is 0 Å². The number of amides is 1. The summed E-state index contributed by atoms with van der Waals surface area (Å²) in [5, 5.41) is 2.88. The van der Waals surface area contributed by atoms with Gasteiger partial charge >= 0.3 is 0 Å². The van der Waals surface area contributed by atoms with Crippen LogP contribution in [0.1, 0.15) is 65.2 Å². The number of sulfone groups is 1. The quantitative estimate of drug-likeness (QED) is 0.431. The molecule has 8 heteroatoms. The van der Waals surface area contributed by atoms with E-state index in [4.69, 9.17) is 4.74 Å². The number of hydrogen-bond acceptors (Lipinski definition) is 6. The average Bonchev–Trinajstić information content (AvgIpc) is 2.78. The van der Waals surface area contributed by atoms with E-state index in [-0.39, 0.29) is 28.3 Å². The molecule has 0 unspecified atom stereocenters. The molecule has 0 saturated heterocycles. The fourth-order valence-corrected chi connectivity index (χ4v) is 4.68. The first-order chi connectivity index (χ1) is 16.7. The number of rotatable bonds is 7. The van der Waals surface area contributed by atoms with Gasteiger partial charge in [0.1, 0.15) is 5.75 Å². The van der Waals surface area contributed by atoms with Gasteiger partial charge in [0.25, 0.3) is 5.91 Å². The maximum Gasteiger partial charge on any atom is 0.259 e. The van der Waals surface area contributed by atoms with Crippen molar-refractivity contribution in [2.45, 2.75) is 45.8 Å². The molecule has 3 rings (SSSR count). The molecule has 0 aliphatic rings. The summed E-state index contributed by atoms with van der Waals surface area (Å²) in [5.41, 5.74) is 4.72. The van der Waals surface area contributed by atoms with Gasteiger partial charge in [0.15, 0.2) is 15.6 Å². The minimum absolute atomic E-state index is 0.0147. The highest BCUT2D eigenvalue weighted by Gasteiger charge is 2.24. The van der Waals surface area contributed by atoms with E-state index in [0.29, 0.717) is 16.8 Å². The number of nitrogens with one attached hydrogen (secondary N) is 1. The predicted octanol–water partition coefficient (Wildman–Crippen LogP) is 5.36. The summed E-state index contributed by atoms with van der Waals surface area (Å²) in [6, 6.07) is 12.6. The van der Waals surface area contributed by atoms with Crippen LogP contribution >= 0.6 is 0 Å². The van der Waals surface area contributed by atoms with Crippen LogP contribution in [0.4, 0.5) is 5.69 Å². The van der Waals surface area contributed by atoms with Crippen molar-refractivity contribution in [2.75, 3.05) is 18.7 Å². The van der Waals surface area contributed by atoms with E-state index in [1.165, 1.54) is 14.0 Å². The molecule has 0 bridgehead atoms. The van der Waals surface area contributed by atoms with Crippen LogP contribution in [0.15, 0.2) is 48.7 Å². The minimum atomic E-state index is -3.37. The van der Waals surface area contributed by atoms with Gasteiger partial charge in [-0.2, -0.15) is 0 Å². The summed E-state index contributed by atoms with van der Waals surface area (Å²) in [6.45, 7) is 9.37. The van der Waals surface area contributed by atoms with Crippen molar-refractivity contribution >= 4 is 27.2 Å². The van der Waals surface area contributed by atoms with Crippen molar-refractivity contribution < 1.29 is 22.7 Å². The van der Waals surface area contributed by atoms with Crippen molar-refractivity contribution in [2.24, 2.45) is 0 Å². The second-order valence-corrected chi connectivity index (χ2v) is 12.1. The van der Waals surface area contributed by atoms with Crippen molar-refractivity contribution in [1.29, 1.82) is 0 Å². The van der Waals surface area contributed by atoms with E-state index >= 15 is 0 Å². The van der Waals surface area contributed by atoms with Gasteiger partial charge in [-0.3, -0.25) is 14.6 Å². The van der Waals surface area contributed by atoms with E-state index in [2.05, 4.69) is 10.3 Å². The van der Waals surface area contributed by atoms with Gasteiger partial charge in [-0.1, -0.05) is 51.1 Å². The molecule has 2 aromatic carbocycles. The molecule has 3 aromatic rings. The number of anilines is 1. The summed E-state index contributed by atoms with van der Waals surface area (Å²) in [5.74, 6) is -0.464. The first-order valence-corrected chi connectivity index (χ1v) is 13.5. The molecule has 7 nitrogen and oxygen atoms in total. The lowest BCUT2D eigenvalue weighted by molar-refractivity contribution is 0.101. The van der Waals surface area contributed by atoms with Crippen LogP contribution in [-0.2, 0) is 21.0 Å². The van der Waals surface area contributed by atoms with E-state index in [1.54, 1.807) is 30.5 Å². The molecule has 1 amide bonds. The predicted molar refractivity (Wildman–Crippen MR) is 143 cm³/mol. The van der Waals surface area contributed by atoms with Gasteiger partial charge in [-0.05, 0) is 42.5 Å².